The summed E-state index contributed by atoms with van der Waals surface area (Å²) in [7, 11) is 0. The summed E-state index contributed by atoms with van der Waals surface area (Å²) >= 11 is 0. The molecule has 1 aromatic rings. The number of likely N-dealkylation sites (tertiary alicyclic amines) is 1. The van der Waals surface area contributed by atoms with Crippen LogP contribution in [0, 0.1) is 11.3 Å². The van der Waals surface area contributed by atoms with Crippen LogP contribution in [0.25, 0.3) is 0 Å². The van der Waals surface area contributed by atoms with Gasteiger partial charge in [-0.25, -0.2) is 0 Å². The third-order valence-electron chi connectivity index (χ3n) is 5.19. The monoisotopic (exact) mass is 261 g/mol. The molecule has 102 valence electrons. The number of hydrogen-bond donors (Lipinski definition) is 1. The molecule has 1 saturated heterocycles. The maximum atomic E-state index is 12.6. The van der Waals surface area contributed by atoms with Gasteiger partial charge in [-0.3, -0.25) is 9.89 Å². The third-order valence-corrected chi connectivity index (χ3v) is 5.19. The van der Waals surface area contributed by atoms with E-state index in [9.17, 15) is 4.79 Å². The Morgan fingerprint density at radius 3 is 3.32 bits per heavy atom. The van der Waals surface area contributed by atoms with E-state index in [1.54, 1.807) is 0 Å². The van der Waals surface area contributed by atoms with Gasteiger partial charge in [-0.1, -0.05) is 6.92 Å². The summed E-state index contributed by atoms with van der Waals surface area (Å²) in [5, 5.41) is 7.23. The first kappa shape index (κ1) is 11.5. The smallest absolute Gasteiger partial charge is 0.274 e. The molecule has 2 fully saturated rings. The average molecular weight is 261 g/mol. The summed E-state index contributed by atoms with van der Waals surface area (Å²) in [5.41, 5.74) is 3.07. The summed E-state index contributed by atoms with van der Waals surface area (Å²) in [6.07, 6.45) is 3.31. The van der Waals surface area contributed by atoms with Gasteiger partial charge in [0.25, 0.3) is 5.91 Å². The van der Waals surface area contributed by atoms with Crippen molar-refractivity contribution in [2.45, 2.75) is 32.8 Å². The minimum absolute atomic E-state index is 0.0861. The standard InChI is InChI=1S/C14H19N3O2/c1-2-14-5-9(14)6-17(8-14)13(18)12-10-7-19-4-3-11(10)15-16-12/h9H,2-8H2,1H3,(H,15,16). The van der Waals surface area contributed by atoms with Crippen LogP contribution in [-0.2, 0) is 17.8 Å². The molecule has 2 unspecified atom stereocenters. The molecule has 1 amide bonds. The number of ether oxygens (including phenoxy) is 1. The van der Waals surface area contributed by atoms with Gasteiger partial charge in [-0.05, 0) is 24.2 Å². The molecule has 4 rings (SSSR count). The van der Waals surface area contributed by atoms with E-state index >= 15 is 0 Å². The Kier molecular flexibility index (Phi) is 2.31. The second-order valence-electron chi connectivity index (χ2n) is 6.13. The zero-order chi connectivity index (χ0) is 13.0. The van der Waals surface area contributed by atoms with Crippen LogP contribution < -0.4 is 0 Å². The predicted octanol–water partition coefficient (Wildman–Crippen LogP) is 1.35. The summed E-state index contributed by atoms with van der Waals surface area (Å²) in [4.78, 5) is 14.6. The van der Waals surface area contributed by atoms with Crippen LogP contribution in [0.2, 0.25) is 0 Å². The number of hydrogen-bond acceptors (Lipinski definition) is 3. The zero-order valence-electron chi connectivity index (χ0n) is 11.2. The largest absolute Gasteiger partial charge is 0.376 e. The molecule has 5 heteroatoms. The molecule has 0 bridgehead atoms. The minimum Gasteiger partial charge on any atom is -0.376 e. The maximum Gasteiger partial charge on any atom is 0.274 e. The number of rotatable bonds is 2. The maximum absolute atomic E-state index is 12.6. The predicted molar refractivity (Wildman–Crippen MR) is 68.7 cm³/mol. The number of aromatic amines is 1. The number of carbonyl (C=O) groups is 1. The molecule has 0 radical (unpaired) electrons. The summed E-state index contributed by atoms with van der Waals surface area (Å²) in [6.45, 7) is 5.29. The van der Waals surface area contributed by atoms with Crippen LogP contribution in [0.3, 0.4) is 0 Å². The van der Waals surface area contributed by atoms with Crippen molar-refractivity contribution in [3.63, 3.8) is 0 Å². The first-order chi connectivity index (χ1) is 9.23. The Bertz CT molecular complexity index is 535. The van der Waals surface area contributed by atoms with E-state index in [0.717, 1.165) is 36.7 Å². The van der Waals surface area contributed by atoms with Gasteiger partial charge in [0, 0.05) is 30.8 Å². The fraction of sp³-hybridized carbons (Fsp3) is 0.714. The molecule has 3 heterocycles. The van der Waals surface area contributed by atoms with Crippen LogP contribution in [0.15, 0.2) is 0 Å². The molecule has 1 aromatic heterocycles. The number of carbonyl (C=O) groups excluding carboxylic acids is 1. The van der Waals surface area contributed by atoms with E-state index in [1.165, 1.54) is 12.8 Å². The minimum atomic E-state index is 0.0861. The first-order valence-electron chi connectivity index (χ1n) is 7.16. The Labute approximate surface area is 112 Å². The van der Waals surface area contributed by atoms with Gasteiger partial charge in [-0.15, -0.1) is 0 Å². The second-order valence-corrected chi connectivity index (χ2v) is 6.13. The molecule has 2 atom stereocenters. The molecule has 3 aliphatic rings. The molecule has 0 spiro atoms. The molecule has 1 aliphatic carbocycles. The fourth-order valence-corrected chi connectivity index (χ4v) is 3.73. The van der Waals surface area contributed by atoms with Gasteiger partial charge in [-0.2, -0.15) is 5.10 Å². The Morgan fingerprint density at radius 2 is 2.53 bits per heavy atom. The number of nitrogens with zero attached hydrogens (tertiary/aromatic N) is 2. The zero-order valence-corrected chi connectivity index (χ0v) is 11.2. The number of aromatic nitrogens is 2. The van der Waals surface area contributed by atoms with Crippen molar-refractivity contribution in [3.8, 4) is 0 Å². The van der Waals surface area contributed by atoms with Crippen LogP contribution in [0.1, 0.15) is 41.5 Å². The Hall–Kier alpha value is -1.36. The van der Waals surface area contributed by atoms with E-state index in [2.05, 4.69) is 17.1 Å². The van der Waals surface area contributed by atoms with Gasteiger partial charge in [0.15, 0.2) is 5.69 Å². The van der Waals surface area contributed by atoms with Gasteiger partial charge in [0.2, 0.25) is 0 Å². The highest BCUT2D eigenvalue weighted by Crippen LogP contribution is 2.60. The van der Waals surface area contributed by atoms with Gasteiger partial charge in [0.1, 0.15) is 0 Å². The highest BCUT2D eigenvalue weighted by Gasteiger charge is 2.59. The van der Waals surface area contributed by atoms with Crippen LogP contribution in [0.4, 0.5) is 0 Å². The van der Waals surface area contributed by atoms with Crippen molar-refractivity contribution >= 4 is 5.91 Å². The van der Waals surface area contributed by atoms with Crippen molar-refractivity contribution in [2.75, 3.05) is 19.7 Å². The highest BCUT2D eigenvalue weighted by molar-refractivity contribution is 5.94. The van der Waals surface area contributed by atoms with Crippen LogP contribution in [0.5, 0.6) is 0 Å². The van der Waals surface area contributed by atoms with E-state index in [4.69, 9.17) is 4.74 Å². The molecule has 19 heavy (non-hydrogen) atoms. The molecule has 1 saturated carbocycles. The third kappa shape index (κ3) is 1.57. The lowest BCUT2D eigenvalue weighted by molar-refractivity contribution is 0.0744. The summed E-state index contributed by atoms with van der Waals surface area (Å²) in [5.74, 6) is 0.815. The molecular weight excluding hydrogens is 242 g/mol. The lowest BCUT2D eigenvalue weighted by atomic mass is 10.0. The molecular formula is C14H19N3O2. The normalized spacial score (nSPS) is 32.1. The topological polar surface area (TPSA) is 58.2 Å². The number of amides is 1. The molecule has 5 nitrogen and oxygen atoms in total. The number of fused-ring (bicyclic) bond motifs is 2. The van der Waals surface area contributed by atoms with Crippen molar-refractivity contribution in [2.24, 2.45) is 11.3 Å². The average Bonchev–Trinajstić information content (AvgIpc) is 2.84. The number of piperidine rings is 1. The molecule has 0 aromatic carbocycles. The van der Waals surface area contributed by atoms with Crippen molar-refractivity contribution in [1.82, 2.24) is 15.1 Å². The van der Waals surface area contributed by atoms with Crippen molar-refractivity contribution < 1.29 is 9.53 Å². The van der Waals surface area contributed by atoms with E-state index in [1.807, 2.05) is 4.90 Å². The Morgan fingerprint density at radius 1 is 1.63 bits per heavy atom. The van der Waals surface area contributed by atoms with E-state index in [0.29, 0.717) is 24.3 Å². The molecule has 1 N–H and O–H groups in total. The Balaban J connectivity index is 1.57. The van der Waals surface area contributed by atoms with Gasteiger partial charge >= 0.3 is 0 Å². The fourth-order valence-electron chi connectivity index (χ4n) is 3.73. The number of nitrogens with one attached hydrogen (secondary N) is 1. The second kappa shape index (κ2) is 3.82. The van der Waals surface area contributed by atoms with Crippen molar-refractivity contribution in [1.29, 1.82) is 0 Å². The highest BCUT2D eigenvalue weighted by atomic mass is 16.5. The summed E-state index contributed by atoms with van der Waals surface area (Å²) < 4.78 is 5.45. The van der Waals surface area contributed by atoms with Crippen molar-refractivity contribution in [3.05, 3.63) is 17.0 Å². The van der Waals surface area contributed by atoms with Crippen LogP contribution in [-0.4, -0.2) is 40.7 Å². The van der Waals surface area contributed by atoms with E-state index in [-0.39, 0.29) is 5.91 Å². The first-order valence-corrected chi connectivity index (χ1v) is 7.16. The van der Waals surface area contributed by atoms with Gasteiger partial charge in [0.05, 0.1) is 13.2 Å². The lowest BCUT2D eigenvalue weighted by Crippen LogP contribution is -2.33. The SMILES string of the molecule is CCC12CC1CN(C(=O)c1n[nH]c3c1COCC3)C2. The summed E-state index contributed by atoms with van der Waals surface area (Å²) in [6, 6.07) is 0. The lowest BCUT2D eigenvalue weighted by Gasteiger charge is -2.20. The quantitative estimate of drug-likeness (QED) is 0.874. The van der Waals surface area contributed by atoms with Crippen LogP contribution >= 0.6 is 0 Å². The number of H-pyrrole nitrogens is 1. The molecule has 2 aliphatic heterocycles. The van der Waals surface area contributed by atoms with Gasteiger partial charge < -0.3 is 9.64 Å². The van der Waals surface area contributed by atoms with E-state index < -0.39 is 0 Å².